The second-order valence-electron chi connectivity index (χ2n) is 18.5. The highest BCUT2D eigenvalue weighted by molar-refractivity contribution is 6.14. The molecule has 9 aromatic rings. The molecule has 1 spiro atoms. The number of rotatable bonds is 6. The van der Waals surface area contributed by atoms with E-state index in [1.54, 1.807) is 11.1 Å². The van der Waals surface area contributed by atoms with Crippen LogP contribution in [-0.4, -0.2) is 0 Å². The minimum atomic E-state index is 0.131. The van der Waals surface area contributed by atoms with Gasteiger partial charge in [-0.3, -0.25) is 0 Å². The van der Waals surface area contributed by atoms with Crippen molar-refractivity contribution in [1.29, 1.82) is 0 Å². The monoisotopic (exact) mass is 781 g/mol. The average Bonchev–Trinajstić information content (AvgIpc) is 3.61. The van der Waals surface area contributed by atoms with Gasteiger partial charge in [-0.1, -0.05) is 158 Å². The van der Waals surface area contributed by atoms with Gasteiger partial charge in [-0.2, -0.15) is 0 Å². The topological polar surface area (TPSA) is 3.24 Å². The van der Waals surface area contributed by atoms with Crippen molar-refractivity contribution in [3.63, 3.8) is 0 Å². The maximum Gasteiger partial charge on any atom is 0.0540 e. The normalized spacial score (nSPS) is 21.8. The van der Waals surface area contributed by atoms with Gasteiger partial charge in [0.25, 0.3) is 0 Å². The van der Waals surface area contributed by atoms with E-state index in [0.29, 0.717) is 0 Å². The van der Waals surface area contributed by atoms with Gasteiger partial charge >= 0.3 is 0 Å². The average molecular weight is 782 g/mol. The highest BCUT2D eigenvalue weighted by atomic mass is 15.1. The standard InChI is InChI=1S/C60H47N/c1-3-14-41(15-4-1)43-26-29-59(55(36-43)42-16-5-2-6-17-42)61(48-20-13-19-44(35-48)54-37-45-18-7-8-21-50(45)51-22-9-10-23-52(51)54)49-27-28-58-56(38-49)53-24-11-12-25-57(53)60(58)46-31-39-30-40(33-46)34-47(60)32-39/h1-29,35-40,46-47H,30-34H2. The predicted octanol–water partition coefficient (Wildman–Crippen LogP) is 16.2. The molecule has 0 aromatic heterocycles. The fourth-order valence-electron chi connectivity index (χ4n) is 13.2. The van der Waals surface area contributed by atoms with Crippen LogP contribution in [0.3, 0.4) is 0 Å². The zero-order valence-corrected chi connectivity index (χ0v) is 34.3. The van der Waals surface area contributed by atoms with Crippen molar-refractivity contribution in [2.24, 2.45) is 23.7 Å². The lowest BCUT2D eigenvalue weighted by molar-refractivity contribution is -0.0399. The van der Waals surface area contributed by atoms with E-state index in [4.69, 9.17) is 0 Å². The van der Waals surface area contributed by atoms with Crippen LogP contribution in [0.1, 0.15) is 43.2 Å². The number of hydrogen-bond donors (Lipinski definition) is 0. The van der Waals surface area contributed by atoms with E-state index in [1.165, 1.54) is 110 Å². The van der Waals surface area contributed by atoms with Crippen LogP contribution in [0.2, 0.25) is 0 Å². The summed E-state index contributed by atoms with van der Waals surface area (Å²) in [6, 6.07) is 75.4. The van der Waals surface area contributed by atoms with Crippen LogP contribution in [0.25, 0.3) is 66.1 Å². The van der Waals surface area contributed by atoms with Crippen LogP contribution < -0.4 is 4.90 Å². The molecule has 14 rings (SSSR count). The van der Waals surface area contributed by atoms with Gasteiger partial charge in [0, 0.05) is 22.4 Å². The molecule has 4 saturated carbocycles. The molecule has 61 heavy (non-hydrogen) atoms. The molecule has 1 heteroatoms. The lowest BCUT2D eigenvalue weighted by atomic mass is 9.43. The molecule has 0 N–H and O–H groups in total. The molecule has 0 aliphatic heterocycles. The van der Waals surface area contributed by atoms with E-state index in [-0.39, 0.29) is 5.41 Å². The SMILES string of the molecule is c1ccc(-c2ccc(N(c3cccc(-c4cc5ccccc5c5ccccc45)c3)c3ccc4c(c3)-c3ccccc3C43C4CC5CC(C4)CC3C5)c(-c3ccccc3)c2)cc1. The molecule has 0 atom stereocenters. The van der Waals surface area contributed by atoms with E-state index in [9.17, 15) is 0 Å². The number of hydrogen-bond acceptors (Lipinski definition) is 1. The van der Waals surface area contributed by atoms with Crippen molar-refractivity contribution < 1.29 is 0 Å². The molecule has 0 radical (unpaired) electrons. The summed E-state index contributed by atoms with van der Waals surface area (Å²) in [5.41, 5.74) is 17.0. The minimum Gasteiger partial charge on any atom is -0.310 e. The quantitative estimate of drug-likeness (QED) is 0.152. The van der Waals surface area contributed by atoms with E-state index >= 15 is 0 Å². The van der Waals surface area contributed by atoms with Crippen molar-refractivity contribution in [2.75, 3.05) is 4.90 Å². The molecular weight excluding hydrogens is 735 g/mol. The zero-order chi connectivity index (χ0) is 40.1. The van der Waals surface area contributed by atoms with Crippen LogP contribution in [0.15, 0.2) is 200 Å². The molecule has 4 fully saturated rings. The number of nitrogens with zero attached hydrogens (tertiary/aromatic N) is 1. The van der Waals surface area contributed by atoms with Gasteiger partial charge < -0.3 is 4.90 Å². The Balaban J connectivity index is 1.05. The van der Waals surface area contributed by atoms with Crippen LogP contribution >= 0.6 is 0 Å². The Bertz CT molecular complexity index is 3130. The summed E-state index contributed by atoms with van der Waals surface area (Å²) in [5.74, 6) is 3.30. The van der Waals surface area contributed by atoms with Gasteiger partial charge in [0.05, 0.1) is 5.69 Å². The third-order valence-corrected chi connectivity index (χ3v) is 15.4. The first kappa shape index (κ1) is 35.1. The Morgan fingerprint density at radius 1 is 0.344 bits per heavy atom. The summed E-state index contributed by atoms with van der Waals surface area (Å²) >= 11 is 0. The second kappa shape index (κ2) is 13.7. The second-order valence-corrected chi connectivity index (χ2v) is 18.5. The van der Waals surface area contributed by atoms with Crippen molar-refractivity contribution in [2.45, 2.75) is 37.5 Å². The van der Waals surface area contributed by atoms with Crippen molar-refractivity contribution in [3.8, 4) is 44.5 Å². The van der Waals surface area contributed by atoms with Gasteiger partial charge in [0.1, 0.15) is 0 Å². The molecule has 0 amide bonds. The summed E-state index contributed by atoms with van der Waals surface area (Å²) in [7, 11) is 0. The first-order valence-electron chi connectivity index (χ1n) is 22.5. The Kier molecular flexibility index (Phi) is 7.86. The Morgan fingerprint density at radius 2 is 0.967 bits per heavy atom. The highest BCUT2D eigenvalue weighted by Crippen LogP contribution is 2.69. The van der Waals surface area contributed by atoms with Crippen LogP contribution in [0.4, 0.5) is 17.1 Å². The molecule has 5 aliphatic carbocycles. The molecule has 292 valence electrons. The molecule has 1 nitrogen and oxygen atoms in total. The maximum atomic E-state index is 2.57. The van der Waals surface area contributed by atoms with Crippen LogP contribution in [0.5, 0.6) is 0 Å². The number of benzene rings is 9. The number of fused-ring (bicyclic) bond motifs is 6. The summed E-state index contributed by atoms with van der Waals surface area (Å²) in [5, 5.41) is 5.12. The minimum absolute atomic E-state index is 0.131. The lowest BCUT2D eigenvalue weighted by Crippen LogP contribution is -2.55. The number of anilines is 3. The van der Waals surface area contributed by atoms with E-state index in [0.717, 1.165) is 29.4 Å². The maximum absolute atomic E-state index is 2.57. The molecule has 4 bridgehead atoms. The first-order valence-corrected chi connectivity index (χ1v) is 22.5. The first-order chi connectivity index (χ1) is 30.2. The molecular formula is C60H47N. The van der Waals surface area contributed by atoms with E-state index in [2.05, 4.69) is 205 Å². The summed E-state index contributed by atoms with van der Waals surface area (Å²) in [4.78, 5) is 2.55. The molecule has 0 saturated heterocycles. The largest absolute Gasteiger partial charge is 0.310 e. The van der Waals surface area contributed by atoms with E-state index < -0.39 is 0 Å². The van der Waals surface area contributed by atoms with E-state index in [1.807, 2.05) is 0 Å². The van der Waals surface area contributed by atoms with Gasteiger partial charge in [-0.25, -0.2) is 0 Å². The molecule has 9 aromatic carbocycles. The van der Waals surface area contributed by atoms with Crippen molar-refractivity contribution in [3.05, 3.63) is 211 Å². The third kappa shape index (κ3) is 5.33. The van der Waals surface area contributed by atoms with Crippen molar-refractivity contribution >= 4 is 38.6 Å². The van der Waals surface area contributed by atoms with Crippen LogP contribution in [0, 0.1) is 23.7 Å². The smallest absolute Gasteiger partial charge is 0.0540 e. The van der Waals surface area contributed by atoms with Gasteiger partial charge in [-0.15, -0.1) is 0 Å². The Morgan fingerprint density at radius 3 is 1.75 bits per heavy atom. The highest BCUT2D eigenvalue weighted by Gasteiger charge is 2.61. The molecule has 5 aliphatic rings. The predicted molar refractivity (Wildman–Crippen MR) is 256 cm³/mol. The van der Waals surface area contributed by atoms with Gasteiger partial charge in [0.15, 0.2) is 0 Å². The Labute approximate surface area is 359 Å². The third-order valence-electron chi connectivity index (χ3n) is 15.4. The van der Waals surface area contributed by atoms with Gasteiger partial charge in [-0.05, 0) is 170 Å². The fourth-order valence-corrected chi connectivity index (χ4v) is 13.2. The lowest BCUT2D eigenvalue weighted by Gasteiger charge is -2.61. The van der Waals surface area contributed by atoms with Crippen molar-refractivity contribution in [1.82, 2.24) is 0 Å². The summed E-state index contributed by atoms with van der Waals surface area (Å²) < 4.78 is 0. The molecule has 0 unspecified atom stereocenters. The molecule has 0 heterocycles. The summed E-state index contributed by atoms with van der Waals surface area (Å²) in [6.45, 7) is 0. The zero-order valence-electron chi connectivity index (χ0n) is 34.3. The fraction of sp³-hybridized carbons (Fsp3) is 0.167. The summed E-state index contributed by atoms with van der Waals surface area (Å²) in [6.07, 6.45) is 7.02. The Hall–Kier alpha value is -6.70. The van der Waals surface area contributed by atoms with Crippen LogP contribution in [-0.2, 0) is 5.41 Å². The van der Waals surface area contributed by atoms with Gasteiger partial charge in [0.2, 0.25) is 0 Å².